The fourth-order valence-corrected chi connectivity index (χ4v) is 3.40. The fraction of sp³-hybridized carbons (Fsp3) is 0.0455. The molecule has 0 bridgehead atoms. The summed E-state index contributed by atoms with van der Waals surface area (Å²) < 4.78 is 3.25. The molecule has 0 amide bonds. The lowest BCUT2D eigenvalue weighted by molar-refractivity contribution is 0.835. The molecule has 24 heavy (non-hydrogen) atoms. The number of fused-ring (bicyclic) bond motifs is 1. The summed E-state index contributed by atoms with van der Waals surface area (Å²) >= 11 is 5.65. The van der Waals surface area contributed by atoms with Gasteiger partial charge in [-0.15, -0.1) is 0 Å². The highest BCUT2D eigenvalue weighted by atomic mass is 32.1. The van der Waals surface area contributed by atoms with Gasteiger partial charge in [0.1, 0.15) is 0 Å². The summed E-state index contributed by atoms with van der Waals surface area (Å²) in [6.45, 7) is 0.821. The van der Waals surface area contributed by atoms with Crippen molar-refractivity contribution in [2.45, 2.75) is 6.54 Å². The van der Waals surface area contributed by atoms with Gasteiger partial charge in [0.05, 0.1) is 11.2 Å². The van der Waals surface area contributed by atoms with Crippen LogP contribution < -0.4 is 0 Å². The van der Waals surface area contributed by atoms with Gasteiger partial charge < -0.3 is 4.57 Å². The Morgan fingerprint density at radius 2 is 1.33 bits per heavy atom. The summed E-state index contributed by atoms with van der Waals surface area (Å²) in [7, 11) is 0. The van der Waals surface area contributed by atoms with Crippen molar-refractivity contribution in [1.82, 2.24) is 4.57 Å². The van der Waals surface area contributed by atoms with Crippen molar-refractivity contribution < 1.29 is 0 Å². The smallest absolute Gasteiger partial charge is 0.0502 e. The van der Waals surface area contributed by atoms with Gasteiger partial charge in [-0.1, -0.05) is 91.1 Å². The Morgan fingerprint density at radius 3 is 2.08 bits per heavy atom. The van der Waals surface area contributed by atoms with E-state index in [1.807, 2.05) is 12.1 Å². The van der Waals surface area contributed by atoms with Gasteiger partial charge in [0.15, 0.2) is 0 Å². The van der Waals surface area contributed by atoms with E-state index in [1.165, 1.54) is 16.6 Å². The summed E-state index contributed by atoms with van der Waals surface area (Å²) in [5, 5.41) is 1.13. The van der Waals surface area contributed by atoms with E-state index in [4.69, 9.17) is 12.2 Å². The Bertz CT molecular complexity index is 1030. The Hall–Kier alpha value is -2.71. The summed E-state index contributed by atoms with van der Waals surface area (Å²) in [5.41, 5.74) is 4.79. The molecule has 1 heterocycles. The van der Waals surface area contributed by atoms with Crippen LogP contribution in [-0.2, 0) is 6.54 Å². The average molecular weight is 327 g/mol. The van der Waals surface area contributed by atoms with E-state index < -0.39 is 0 Å². The molecule has 4 aromatic rings. The van der Waals surface area contributed by atoms with Crippen LogP contribution in [0.2, 0.25) is 0 Å². The van der Waals surface area contributed by atoms with Crippen molar-refractivity contribution >= 4 is 23.1 Å². The van der Waals surface area contributed by atoms with E-state index in [1.54, 1.807) is 0 Å². The molecule has 0 unspecified atom stereocenters. The van der Waals surface area contributed by atoms with Crippen LogP contribution in [0.4, 0.5) is 0 Å². The largest absolute Gasteiger partial charge is 0.336 e. The van der Waals surface area contributed by atoms with Gasteiger partial charge >= 0.3 is 0 Å². The predicted molar refractivity (Wildman–Crippen MR) is 104 cm³/mol. The molecular formula is C22H17NS. The Morgan fingerprint density at radius 1 is 0.708 bits per heavy atom. The molecule has 0 fully saturated rings. The van der Waals surface area contributed by atoms with Crippen molar-refractivity contribution in [2.24, 2.45) is 0 Å². The Labute approximate surface area is 146 Å². The molecule has 0 radical (unpaired) electrons. The second kappa shape index (κ2) is 6.42. The van der Waals surface area contributed by atoms with Crippen molar-refractivity contribution in [3.05, 3.63) is 101 Å². The lowest BCUT2D eigenvalue weighted by Crippen LogP contribution is -2.06. The summed E-state index contributed by atoms with van der Waals surface area (Å²) in [6, 6.07) is 31.5. The van der Waals surface area contributed by atoms with Crippen molar-refractivity contribution in [1.29, 1.82) is 0 Å². The molecule has 0 aliphatic rings. The second-order valence-corrected chi connectivity index (χ2v) is 6.29. The van der Waals surface area contributed by atoms with E-state index in [-0.39, 0.29) is 0 Å². The van der Waals surface area contributed by atoms with Gasteiger partial charge in [-0.3, -0.25) is 0 Å². The normalized spacial score (nSPS) is 10.8. The van der Waals surface area contributed by atoms with Crippen molar-refractivity contribution in [3.8, 4) is 11.3 Å². The van der Waals surface area contributed by atoms with Gasteiger partial charge in [0.25, 0.3) is 0 Å². The first kappa shape index (κ1) is 14.9. The minimum Gasteiger partial charge on any atom is -0.336 e. The molecule has 1 aromatic heterocycles. The zero-order valence-electron chi connectivity index (χ0n) is 13.2. The number of benzene rings is 3. The van der Waals surface area contributed by atoms with Gasteiger partial charge in [-0.25, -0.2) is 0 Å². The molecule has 0 atom stereocenters. The standard InChI is InChI=1S/C22H17NS/c24-22-15-21(18-11-5-2-6-12-18)23(16-17-9-3-1-4-10-17)20-14-8-7-13-19(20)22/h1-15H,16H2. The zero-order valence-corrected chi connectivity index (χ0v) is 14.0. The molecule has 0 spiro atoms. The molecule has 0 aliphatic heterocycles. The highest BCUT2D eigenvalue weighted by Gasteiger charge is 2.09. The van der Waals surface area contributed by atoms with E-state index in [2.05, 4.69) is 83.4 Å². The third-order valence-electron chi connectivity index (χ3n) is 4.27. The van der Waals surface area contributed by atoms with Gasteiger partial charge in [-0.2, -0.15) is 0 Å². The molecule has 1 nitrogen and oxygen atoms in total. The van der Waals surface area contributed by atoms with Crippen LogP contribution in [0.25, 0.3) is 22.2 Å². The topological polar surface area (TPSA) is 4.93 Å². The van der Waals surface area contributed by atoms with Crippen LogP contribution >= 0.6 is 12.2 Å². The number of hydrogen-bond donors (Lipinski definition) is 0. The van der Waals surface area contributed by atoms with E-state index in [9.17, 15) is 0 Å². The highest BCUT2D eigenvalue weighted by Crippen LogP contribution is 2.27. The van der Waals surface area contributed by atoms with Crippen LogP contribution in [0.5, 0.6) is 0 Å². The minimum absolute atomic E-state index is 0.821. The first-order valence-corrected chi connectivity index (χ1v) is 8.46. The summed E-state index contributed by atoms with van der Waals surface area (Å²) in [5.74, 6) is 0. The number of hydrogen-bond acceptors (Lipinski definition) is 1. The summed E-state index contributed by atoms with van der Waals surface area (Å²) in [6.07, 6.45) is 0. The Kier molecular flexibility index (Phi) is 3.97. The quantitative estimate of drug-likeness (QED) is 0.412. The van der Waals surface area contributed by atoms with Crippen LogP contribution in [-0.4, -0.2) is 4.57 Å². The number of nitrogens with zero attached hydrogens (tertiary/aromatic N) is 1. The average Bonchev–Trinajstić information content (AvgIpc) is 2.65. The third-order valence-corrected chi connectivity index (χ3v) is 4.61. The van der Waals surface area contributed by atoms with Crippen LogP contribution in [0.1, 0.15) is 5.56 Å². The minimum atomic E-state index is 0.821. The molecule has 2 heteroatoms. The van der Waals surface area contributed by atoms with Gasteiger partial charge in [0.2, 0.25) is 0 Å². The van der Waals surface area contributed by atoms with Crippen LogP contribution in [0, 0.1) is 4.51 Å². The van der Waals surface area contributed by atoms with Crippen molar-refractivity contribution in [2.75, 3.05) is 0 Å². The molecule has 0 saturated heterocycles. The lowest BCUT2D eigenvalue weighted by atomic mass is 10.1. The number of rotatable bonds is 3. The molecule has 0 saturated carbocycles. The van der Waals surface area contributed by atoms with Gasteiger partial charge in [0, 0.05) is 16.4 Å². The maximum atomic E-state index is 5.65. The molecule has 116 valence electrons. The third kappa shape index (κ3) is 2.77. The lowest BCUT2D eigenvalue weighted by Gasteiger charge is -2.18. The van der Waals surface area contributed by atoms with E-state index in [0.717, 1.165) is 22.1 Å². The second-order valence-electron chi connectivity index (χ2n) is 5.85. The fourth-order valence-electron chi connectivity index (χ4n) is 3.11. The first-order chi connectivity index (χ1) is 11.8. The molecule has 3 aromatic carbocycles. The number of aromatic nitrogens is 1. The van der Waals surface area contributed by atoms with E-state index >= 15 is 0 Å². The van der Waals surface area contributed by atoms with Crippen LogP contribution in [0.3, 0.4) is 0 Å². The SMILES string of the molecule is S=c1cc(-c2ccccc2)n(Cc2ccccc2)c2ccccc12. The molecular weight excluding hydrogens is 310 g/mol. The monoisotopic (exact) mass is 327 g/mol. The van der Waals surface area contributed by atoms with Crippen molar-refractivity contribution in [3.63, 3.8) is 0 Å². The number of pyridine rings is 1. The molecule has 0 N–H and O–H groups in total. The molecule has 4 rings (SSSR count). The predicted octanol–water partition coefficient (Wildman–Crippen LogP) is 6.09. The van der Waals surface area contributed by atoms with E-state index in [0.29, 0.717) is 0 Å². The van der Waals surface area contributed by atoms with Crippen LogP contribution in [0.15, 0.2) is 91.0 Å². The zero-order chi connectivity index (χ0) is 16.4. The highest BCUT2D eigenvalue weighted by molar-refractivity contribution is 7.71. The number of para-hydroxylation sites is 1. The molecule has 0 aliphatic carbocycles. The Balaban J connectivity index is 2.00. The van der Waals surface area contributed by atoms with Gasteiger partial charge in [-0.05, 0) is 23.3 Å². The summed E-state index contributed by atoms with van der Waals surface area (Å²) in [4.78, 5) is 0. The maximum Gasteiger partial charge on any atom is 0.0502 e. The maximum absolute atomic E-state index is 5.65. The first-order valence-electron chi connectivity index (χ1n) is 8.05.